The zero-order chi connectivity index (χ0) is 13.0. The number of thioether (sulfide) groups is 1. The van der Waals surface area contributed by atoms with Crippen molar-refractivity contribution in [1.29, 1.82) is 0 Å². The van der Waals surface area contributed by atoms with Crippen molar-refractivity contribution in [1.82, 2.24) is 5.32 Å². The third-order valence-electron chi connectivity index (χ3n) is 3.18. The molecule has 98 valence electrons. The number of aliphatic imine (C=N–C) groups is 1. The van der Waals surface area contributed by atoms with Gasteiger partial charge in [-0.25, -0.2) is 0 Å². The number of aryl methyl sites for hydroxylation is 1. The van der Waals surface area contributed by atoms with Gasteiger partial charge in [-0.15, -0.1) is 0 Å². The second-order valence-electron chi connectivity index (χ2n) is 5.55. The first-order chi connectivity index (χ1) is 8.61. The minimum absolute atomic E-state index is 0.344. The highest BCUT2D eigenvalue weighted by Gasteiger charge is 2.23. The van der Waals surface area contributed by atoms with Gasteiger partial charge in [-0.2, -0.15) is 0 Å². The topological polar surface area (TPSA) is 24.4 Å². The second kappa shape index (κ2) is 5.79. The zero-order valence-corrected chi connectivity index (χ0v) is 12.3. The van der Waals surface area contributed by atoms with E-state index in [0.717, 1.165) is 30.4 Å². The average molecular weight is 262 g/mol. The van der Waals surface area contributed by atoms with Gasteiger partial charge >= 0.3 is 0 Å². The van der Waals surface area contributed by atoms with Crippen molar-refractivity contribution in [2.24, 2.45) is 10.4 Å². The van der Waals surface area contributed by atoms with Crippen LogP contribution in [0.4, 0.5) is 0 Å². The summed E-state index contributed by atoms with van der Waals surface area (Å²) < 4.78 is 0. The maximum Gasteiger partial charge on any atom is 0.156 e. The van der Waals surface area contributed by atoms with Crippen molar-refractivity contribution < 1.29 is 0 Å². The number of nitrogens with zero attached hydrogens (tertiary/aromatic N) is 1. The van der Waals surface area contributed by atoms with E-state index in [1.165, 1.54) is 11.1 Å². The van der Waals surface area contributed by atoms with Crippen LogP contribution in [0.15, 0.2) is 29.3 Å². The molecule has 1 aromatic carbocycles. The van der Waals surface area contributed by atoms with E-state index in [1.807, 2.05) is 11.8 Å². The summed E-state index contributed by atoms with van der Waals surface area (Å²) in [7, 11) is 0. The number of benzene rings is 1. The van der Waals surface area contributed by atoms with E-state index < -0.39 is 0 Å². The molecule has 0 saturated carbocycles. The molecule has 1 N–H and O–H groups in total. The molecule has 1 heterocycles. The van der Waals surface area contributed by atoms with Crippen LogP contribution in [0, 0.1) is 5.41 Å². The Kier molecular flexibility index (Phi) is 4.33. The normalized spacial score (nSPS) is 18.3. The lowest BCUT2D eigenvalue weighted by Crippen LogP contribution is -2.31. The molecule has 2 nitrogen and oxygen atoms in total. The second-order valence-corrected chi connectivity index (χ2v) is 6.51. The van der Waals surface area contributed by atoms with Gasteiger partial charge in [-0.05, 0) is 23.0 Å². The minimum atomic E-state index is 0.344. The smallest absolute Gasteiger partial charge is 0.156 e. The Hall–Kier alpha value is -0.960. The van der Waals surface area contributed by atoms with E-state index in [4.69, 9.17) is 0 Å². The van der Waals surface area contributed by atoms with E-state index in [1.54, 1.807) is 0 Å². The van der Waals surface area contributed by atoms with E-state index in [0.29, 0.717) is 5.41 Å². The van der Waals surface area contributed by atoms with Gasteiger partial charge in [0, 0.05) is 18.8 Å². The molecule has 0 aromatic heterocycles. The van der Waals surface area contributed by atoms with Gasteiger partial charge in [0.05, 0.1) is 0 Å². The lowest BCUT2D eigenvalue weighted by Gasteiger charge is -2.27. The predicted octanol–water partition coefficient (Wildman–Crippen LogP) is 3.47. The molecule has 1 aliphatic rings. The molecule has 0 radical (unpaired) electrons. The van der Waals surface area contributed by atoms with Crippen LogP contribution >= 0.6 is 11.8 Å². The van der Waals surface area contributed by atoms with Crippen molar-refractivity contribution in [2.75, 3.05) is 12.3 Å². The summed E-state index contributed by atoms with van der Waals surface area (Å²) in [4.78, 5) is 4.62. The maximum absolute atomic E-state index is 4.62. The van der Waals surface area contributed by atoms with Crippen molar-refractivity contribution in [2.45, 2.75) is 33.7 Å². The largest absolute Gasteiger partial charge is 0.361 e. The predicted molar refractivity (Wildman–Crippen MR) is 81.2 cm³/mol. The zero-order valence-electron chi connectivity index (χ0n) is 11.5. The Morgan fingerprint density at radius 3 is 2.61 bits per heavy atom. The van der Waals surface area contributed by atoms with Crippen molar-refractivity contribution in [3.63, 3.8) is 0 Å². The monoisotopic (exact) mass is 262 g/mol. The standard InChI is InChI=1S/C15H22N2S/c1-4-12-7-5-6-8-13(12)9-16-14-17-10-15(2,3)11-18-14/h5-8H,4,9-11H2,1-3H3,(H,16,17). The summed E-state index contributed by atoms with van der Waals surface area (Å²) in [5, 5.41) is 4.56. The molecule has 0 unspecified atom stereocenters. The van der Waals surface area contributed by atoms with Crippen LogP contribution in [-0.4, -0.2) is 17.5 Å². The summed E-state index contributed by atoms with van der Waals surface area (Å²) in [5.74, 6) is 1.15. The van der Waals surface area contributed by atoms with Crippen molar-refractivity contribution >= 4 is 16.9 Å². The van der Waals surface area contributed by atoms with Gasteiger partial charge < -0.3 is 5.32 Å². The first kappa shape index (κ1) is 13.5. The van der Waals surface area contributed by atoms with Gasteiger partial charge in [0.2, 0.25) is 0 Å². The van der Waals surface area contributed by atoms with Gasteiger partial charge in [0.25, 0.3) is 0 Å². The molecule has 0 aliphatic carbocycles. The molecule has 0 bridgehead atoms. The molecule has 0 spiro atoms. The Bertz CT molecular complexity index is 438. The molecular weight excluding hydrogens is 240 g/mol. The lowest BCUT2D eigenvalue weighted by molar-refractivity contribution is 0.436. The highest BCUT2D eigenvalue weighted by Crippen LogP contribution is 2.27. The molecule has 3 heteroatoms. The van der Waals surface area contributed by atoms with Crippen LogP contribution in [0.25, 0.3) is 0 Å². The van der Waals surface area contributed by atoms with Crippen LogP contribution in [0.1, 0.15) is 31.9 Å². The molecule has 0 amide bonds. The van der Waals surface area contributed by atoms with Crippen LogP contribution in [0.5, 0.6) is 0 Å². The number of rotatable bonds is 3. The molecule has 1 aliphatic heterocycles. The summed E-state index contributed by atoms with van der Waals surface area (Å²) in [6.45, 7) is 8.56. The molecular formula is C15H22N2S. The fourth-order valence-electron chi connectivity index (χ4n) is 1.99. The fourth-order valence-corrected chi connectivity index (χ4v) is 2.94. The molecule has 2 rings (SSSR count). The van der Waals surface area contributed by atoms with E-state index in [-0.39, 0.29) is 0 Å². The number of hydrogen-bond acceptors (Lipinski definition) is 3. The molecule has 18 heavy (non-hydrogen) atoms. The van der Waals surface area contributed by atoms with Crippen LogP contribution in [0.3, 0.4) is 0 Å². The molecule has 0 fully saturated rings. The highest BCUT2D eigenvalue weighted by atomic mass is 32.2. The minimum Gasteiger partial charge on any atom is -0.361 e. The van der Waals surface area contributed by atoms with Gasteiger partial charge in [0.15, 0.2) is 5.17 Å². The highest BCUT2D eigenvalue weighted by molar-refractivity contribution is 8.13. The SMILES string of the molecule is CCc1ccccc1CNC1=NCC(C)(C)CS1. The summed E-state index contributed by atoms with van der Waals surface area (Å²) in [6.07, 6.45) is 1.09. The van der Waals surface area contributed by atoms with Gasteiger partial charge in [-0.1, -0.05) is 56.8 Å². The number of nitrogens with one attached hydrogen (secondary N) is 1. The summed E-state index contributed by atoms with van der Waals surface area (Å²) in [6, 6.07) is 8.62. The van der Waals surface area contributed by atoms with Crippen molar-refractivity contribution in [3.8, 4) is 0 Å². The average Bonchev–Trinajstić information content (AvgIpc) is 2.38. The summed E-state index contributed by atoms with van der Waals surface area (Å²) in [5.41, 5.74) is 3.15. The van der Waals surface area contributed by atoms with Gasteiger partial charge in [0.1, 0.15) is 0 Å². The Morgan fingerprint density at radius 1 is 1.28 bits per heavy atom. The quantitative estimate of drug-likeness (QED) is 0.902. The molecule has 1 aromatic rings. The molecule has 0 atom stereocenters. The van der Waals surface area contributed by atoms with Gasteiger partial charge in [-0.3, -0.25) is 4.99 Å². The van der Waals surface area contributed by atoms with E-state index in [9.17, 15) is 0 Å². The van der Waals surface area contributed by atoms with E-state index >= 15 is 0 Å². The lowest BCUT2D eigenvalue weighted by atomic mass is 9.97. The van der Waals surface area contributed by atoms with Crippen LogP contribution < -0.4 is 5.32 Å². The number of amidine groups is 1. The van der Waals surface area contributed by atoms with Crippen molar-refractivity contribution in [3.05, 3.63) is 35.4 Å². The maximum atomic E-state index is 4.62. The summed E-state index contributed by atoms with van der Waals surface area (Å²) >= 11 is 1.84. The van der Waals surface area contributed by atoms with E-state index in [2.05, 4.69) is 55.3 Å². The van der Waals surface area contributed by atoms with Crippen LogP contribution in [0.2, 0.25) is 0 Å². The Labute approximate surface area is 114 Å². The third kappa shape index (κ3) is 3.52. The Morgan fingerprint density at radius 2 is 2.00 bits per heavy atom. The molecule has 0 saturated heterocycles. The fraction of sp³-hybridized carbons (Fsp3) is 0.533. The third-order valence-corrected chi connectivity index (χ3v) is 4.65. The Balaban J connectivity index is 1.94. The first-order valence-corrected chi connectivity index (χ1v) is 7.57. The number of hydrogen-bond donors (Lipinski definition) is 1. The van der Waals surface area contributed by atoms with Crippen LogP contribution in [-0.2, 0) is 13.0 Å². The first-order valence-electron chi connectivity index (χ1n) is 6.58.